The first-order chi connectivity index (χ1) is 4.86. The molecule has 0 spiro atoms. The highest BCUT2D eigenvalue weighted by atomic mass is 32.8. The lowest BCUT2D eigenvalue weighted by Crippen LogP contribution is -2.25. The molecule has 1 atom stereocenters. The van der Waals surface area contributed by atoms with Crippen LogP contribution in [0, 0.1) is 0 Å². The van der Waals surface area contributed by atoms with E-state index >= 15 is 0 Å². The highest BCUT2D eigenvalue weighted by molar-refractivity contribution is 8.29. The van der Waals surface area contributed by atoms with Gasteiger partial charge in [0.2, 0.25) is 0 Å². The van der Waals surface area contributed by atoms with Crippen LogP contribution < -0.4 is 5.73 Å². The molecule has 0 rings (SSSR count). The van der Waals surface area contributed by atoms with Crippen molar-refractivity contribution in [2.75, 3.05) is 6.26 Å². The van der Waals surface area contributed by atoms with E-state index in [1.165, 1.54) is 0 Å². The Morgan fingerprint density at radius 3 is 2.36 bits per heavy atom. The van der Waals surface area contributed by atoms with Crippen LogP contribution in [0.1, 0.15) is 26.7 Å². The van der Waals surface area contributed by atoms with Crippen LogP contribution in [0.15, 0.2) is 12.3 Å². The zero-order valence-corrected chi connectivity index (χ0v) is 9.15. The standard InChI is InChI=1S/C8H17NS2/c1-7(9)5-6-8(2,3)11(4)10/h1,5-6,9H2,2-4H3. The Morgan fingerprint density at radius 1 is 1.64 bits per heavy atom. The number of allylic oxidation sites excluding steroid dienone is 1. The van der Waals surface area contributed by atoms with Gasteiger partial charge in [0.05, 0.1) is 0 Å². The molecule has 0 aliphatic rings. The van der Waals surface area contributed by atoms with Crippen molar-refractivity contribution >= 4 is 20.6 Å². The predicted molar refractivity (Wildman–Crippen MR) is 57.3 cm³/mol. The first-order valence-electron chi connectivity index (χ1n) is 3.63. The van der Waals surface area contributed by atoms with Gasteiger partial charge >= 0.3 is 0 Å². The maximum Gasteiger partial charge on any atom is 0.0150 e. The maximum atomic E-state index is 5.47. The second-order valence-electron chi connectivity index (χ2n) is 3.37. The van der Waals surface area contributed by atoms with Gasteiger partial charge in [0.1, 0.15) is 0 Å². The van der Waals surface area contributed by atoms with Gasteiger partial charge in [-0.15, -0.1) is 9.45 Å². The van der Waals surface area contributed by atoms with Gasteiger partial charge in [0, 0.05) is 10.4 Å². The van der Waals surface area contributed by atoms with E-state index in [2.05, 4.69) is 26.7 Å². The van der Waals surface area contributed by atoms with Crippen molar-refractivity contribution in [3.63, 3.8) is 0 Å². The molecule has 1 unspecified atom stereocenters. The summed E-state index contributed by atoms with van der Waals surface area (Å²) in [6, 6.07) is 0. The molecule has 0 amide bonds. The van der Waals surface area contributed by atoms with Crippen LogP contribution in [0.5, 0.6) is 0 Å². The summed E-state index contributed by atoms with van der Waals surface area (Å²) in [6.07, 6.45) is 4.03. The number of nitrogens with two attached hydrogens (primary N) is 1. The molecule has 0 saturated heterocycles. The summed E-state index contributed by atoms with van der Waals surface area (Å²) in [5.41, 5.74) is 6.24. The van der Waals surface area contributed by atoms with Gasteiger partial charge < -0.3 is 5.73 Å². The first kappa shape index (κ1) is 11.1. The quantitative estimate of drug-likeness (QED) is 0.732. The van der Waals surface area contributed by atoms with Crippen LogP contribution in [-0.4, -0.2) is 11.0 Å². The summed E-state index contributed by atoms with van der Waals surface area (Å²) in [6.45, 7) is 8.04. The van der Waals surface area contributed by atoms with Gasteiger partial charge in [-0.05, 0) is 19.1 Å². The fourth-order valence-electron chi connectivity index (χ4n) is 0.605. The van der Waals surface area contributed by atoms with Gasteiger partial charge in [-0.3, -0.25) is 0 Å². The molecular weight excluding hydrogens is 174 g/mol. The van der Waals surface area contributed by atoms with E-state index in [0.29, 0.717) is 0 Å². The molecule has 0 aromatic heterocycles. The normalized spacial score (nSPS) is 14.5. The summed E-state index contributed by atoms with van der Waals surface area (Å²) >= 11 is 5.22. The van der Waals surface area contributed by atoms with Crippen LogP contribution in [0.3, 0.4) is 0 Å². The minimum absolute atomic E-state index is 0.0443. The van der Waals surface area contributed by atoms with Crippen molar-refractivity contribution in [3.05, 3.63) is 12.3 Å². The third kappa shape index (κ3) is 4.53. The van der Waals surface area contributed by atoms with E-state index in [-0.39, 0.29) is 14.2 Å². The maximum absolute atomic E-state index is 5.47. The molecular formula is C8H17NS2. The monoisotopic (exact) mass is 191 g/mol. The SMILES string of the molecule is C=C(N)CCC(C)(C)S(C)=S. The van der Waals surface area contributed by atoms with E-state index in [9.17, 15) is 0 Å². The lowest BCUT2D eigenvalue weighted by molar-refractivity contribution is 0.634. The molecule has 0 radical (unpaired) electrons. The largest absolute Gasteiger partial charge is 0.403 e. The molecule has 0 bridgehead atoms. The van der Waals surface area contributed by atoms with Gasteiger partial charge in [0.15, 0.2) is 0 Å². The molecule has 0 aromatic carbocycles. The molecule has 3 heteroatoms. The van der Waals surface area contributed by atoms with Crippen molar-refractivity contribution < 1.29 is 0 Å². The second-order valence-corrected chi connectivity index (χ2v) is 6.89. The fraction of sp³-hybridized carbons (Fsp3) is 0.750. The highest BCUT2D eigenvalue weighted by Crippen LogP contribution is 2.19. The smallest absolute Gasteiger partial charge is 0.0150 e. The van der Waals surface area contributed by atoms with E-state index < -0.39 is 0 Å². The van der Waals surface area contributed by atoms with E-state index in [1.807, 2.05) is 0 Å². The number of rotatable bonds is 4. The average Bonchev–Trinajstić information content (AvgIpc) is 1.84. The lowest BCUT2D eigenvalue weighted by atomic mass is 10.1. The van der Waals surface area contributed by atoms with Crippen LogP contribution in [0.2, 0.25) is 0 Å². The molecule has 0 heterocycles. The van der Waals surface area contributed by atoms with Crippen LogP contribution >= 0.6 is 0 Å². The molecule has 11 heavy (non-hydrogen) atoms. The molecule has 0 fully saturated rings. The Morgan fingerprint density at radius 2 is 2.09 bits per heavy atom. The lowest BCUT2D eigenvalue weighted by Gasteiger charge is -2.24. The van der Waals surface area contributed by atoms with Crippen LogP contribution in [0.4, 0.5) is 0 Å². The first-order valence-corrected chi connectivity index (χ1v) is 6.19. The molecule has 2 N–H and O–H groups in total. The minimum atomic E-state index is 0.0443. The van der Waals surface area contributed by atoms with Crippen molar-refractivity contribution in [1.82, 2.24) is 0 Å². The van der Waals surface area contributed by atoms with Gasteiger partial charge in [-0.1, -0.05) is 31.6 Å². The molecule has 0 aromatic rings. The third-order valence-electron chi connectivity index (χ3n) is 1.83. The number of hydrogen-bond acceptors (Lipinski definition) is 2. The number of hydrogen-bond donors (Lipinski definition) is 1. The van der Waals surface area contributed by atoms with Gasteiger partial charge in [0.25, 0.3) is 0 Å². The van der Waals surface area contributed by atoms with Crippen molar-refractivity contribution in [2.24, 2.45) is 5.73 Å². The Hall–Kier alpha value is 0.110. The third-order valence-corrected chi connectivity index (χ3v) is 4.94. The zero-order chi connectivity index (χ0) is 9.07. The molecule has 66 valence electrons. The highest BCUT2D eigenvalue weighted by Gasteiger charge is 2.18. The van der Waals surface area contributed by atoms with Crippen LogP contribution in [-0.2, 0) is 20.6 Å². The topological polar surface area (TPSA) is 26.0 Å². The Kier molecular flexibility index (Phi) is 4.26. The summed E-state index contributed by atoms with van der Waals surface area (Å²) < 4.78 is 0.234. The van der Waals surface area contributed by atoms with Crippen molar-refractivity contribution in [3.8, 4) is 0 Å². The Bertz CT molecular complexity index is 173. The van der Waals surface area contributed by atoms with E-state index in [0.717, 1.165) is 18.5 Å². The van der Waals surface area contributed by atoms with Crippen molar-refractivity contribution in [1.29, 1.82) is 0 Å². The zero-order valence-electron chi connectivity index (χ0n) is 7.52. The van der Waals surface area contributed by atoms with Gasteiger partial charge in [-0.25, -0.2) is 0 Å². The van der Waals surface area contributed by atoms with Gasteiger partial charge in [-0.2, -0.15) is 0 Å². The fourth-order valence-corrected chi connectivity index (χ4v) is 1.24. The second kappa shape index (κ2) is 4.21. The average molecular weight is 191 g/mol. The minimum Gasteiger partial charge on any atom is -0.403 e. The predicted octanol–water partition coefficient (Wildman–Crippen LogP) is 1.73. The summed E-state index contributed by atoms with van der Waals surface area (Å²) in [5, 5.41) is 0. The molecule has 1 nitrogen and oxygen atoms in total. The summed E-state index contributed by atoms with van der Waals surface area (Å²) in [5.74, 6) is 0. The Labute approximate surface area is 76.6 Å². The summed E-state index contributed by atoms with van der Waals surface area (Å²) in [7, 11) is 0.0443. The molecule has 0 aliphatic carbocycles. The van der Waals surface area contributed by atoms with E-state index in [4.69, 9.17) is 16.9 Å². The summed E-state index contributed by atoms with van der Waals surface area (Å²) in [4.78, 5) is 0. The van der Waals surface area contributed by atoms with Crippen LogP contribution in [0.25, 0.3) is 0 Å². The molecule has 0 aliphatic heterocycles. The Balaban J connectivity index is 3.92. The van der Waals surface area contributed by atoms with Crippen molar-refractivity contribution in [2.45, 2.75) is 31.4 Å². The van der Waals surface area contributed by atoms with E-state index in [1.54, 1.807) is 0 Å². The molecule has 0 saturated carbocycles.